The molecule has 1 aromatic rings. The Morgan fingerprint density at radius 3 is 2.00 bits per heavy atom. The van der Waals surface area contributed by atoms with Gasteiger partial charge in [-0.3, -0.25) is 0 Å². The highest BCUT2D eigenvalue weighted by atomic mass is 35.5. The maximum absolute atomic E-state index is 8.95. The van der Waals surface area contributed by atoms with Crippen molar-refractivity contribution in [2.45, 2.75) is 0 Å². The molecule has 0 amide bonds. The van der Waals surface area contributed by atoms with E-state index < -0.39 is 0 Å². The second-order valence-corrected chi connectivity index (χ2v) is 2.86. The molecule has 0 saturated heterocycles. The summed E-state index contributed by atoms with van der Waals surface area (Å²) in [7, 11) is 0. The van der Waals surface area contributed by atoms with Crippen LogP contribution in [0.4, 0.5) is 0 Å². The fourth-order valence-corrected chi connectivity index (χ4v) is 1.05. The van der Waals surface area contributed by atoms with E-state index in [-0.39, 0.29) is 21.3 Å². The molecule has 0 radical (unpaired) electrons. The molecule has 62 valence electrons. The summed E-state index contributed by atoms with van der Waals surface area (Å²) in [6.07, 6.45) is 0. The molecule has 0 aliphatic rings. The molecule has 0 spiro atoms. The van der Waals surface area contributed by atoms with Crippen molar-refractivity contribution < 1.29 is 10.6 Å². The quantitative estimate of drug-likeness (QED) is 0.664. The zero-order valence-corrected chi connectivity index (χ0v) is 7.50. The van der Waals surface area contributed by atoms with Crippen molar-refractivity contribution in [1.29, 1.82) is 0 Å². The number of phenols is 1. The third kappa shape index (κ3) is 2.14. The first-order chi connectivity index (χ1) is 4.63. The van der Waals surface area contributed by atoms with Crippen molar-refractivity contribution in [3.8, 4) is 5.75 Å². The van der Waals surface area contributed by atoms with Gasteiger partial charge in [0.15, 0.2) is 0 Å². The first kappa shape index (κ1) is 10.8. The van der Waals surface area contributed by atoms with E-state index in [4.69, 9.17) is 39.9 Å². The van der Waals surface area contributed by atoms with Gasteiger partial charge in [0, 0.05) is 0 Å². The summed E-state index contributed by atoms with van der Waals surface area (Å²) in [5, 5.41) is 9.56. The number of hydrogen-bond donors (Lipinski definition) is 1. The van der Waals surface area contributed by atoms with Crippen LogP contribution in [0.1, 0.15) is 0 Å². The van der Waals surface area contributed by atoms with Gasteiger partial charge in [0.2, 0.25) is 0 Å². The zero-order chi connectivity index (χ0) is 7.72. The second-order valence-electron chi connectivity index (χ2n) is 1.69. The molecule has 0 bridgehead atoms. The fraction of sp³-hybridized carbons (Fsp3) is 0. The van der Waals surface area contributed by atoms with E-state index >= 15 is 0 Å². The van der Waals surface area contributed by atoms with Crippen LogP contribution in [0.2, 0.25) is 15.1 Å². The van der Waals surface area contributed by atoms with Crippen LogP contribution in [0.15, 0.2) is 12.1 Å². The highest BCUT2D eigenvalue weighted by Crippen LogP contribution is 2.35. The molecule has 11 heavy (non-hydrogen) atoms. The summed E-state index contributed by atoms with van der Waals surface area (Å²) in [4.78, 5) is 0. The highest BCUT2D eigenvalue weighted by molar-refractivity contribution is 6.48. The van der Waals surface area contributed by atoms with Crippen molar-refractivity contribution in [3.05, 3.63) is 27.2 Å². The number of halogens is 3. The number of rotatable bonds is 0. The van der Waals surface area contributed by atoms with Gasteiger partial charge in [0.25, 0.3) is 0 Å². The summed E-state index contributed by atoms with van der Waals surface area (Å²) >= 11 is 16.6. The van der Waals surface area contributed by atoms with Gasteiger partial charge < -0.3 is 10.6 Å². The van der Waals surface area contributed by atoms with E-state index in [1.807, 2.05) is 0 Å². The predicted octanol–water partition coefficient (Wildman–Crippen LogP) is 2.53. The van der Waals surface area contributed by atoms with Crippen LogP contribution in [0.5, 0.6) is 5.75 Å². The molecule has 2 nitrogen and oxygen atoms in total. The first-order valence-corrected chi connectivity index (χ1v) is 3.59. The summed E-state index contributed by atoms with van der Waals surface area (Å²) < 4.78 is 0. The molecule has 3 N–H and O–H groups in total. The van der Waals surface area contributed by atoms with Crippen LogP contribution in [0.3, 0.4) is 0 Å². The molecule has 0 saturated carbocycles. The van der Waals surface area contributed by atoms with Crippen molar-refractivity contribution in [2.24, 2.45) is 0 Å². The minimum absolute atomic E-state index is 0. The standard InChI is InChI=1S/C6H3Cl3O.H2O/c7-3-1-2-4(10)6(9)5(3)8;/h1-2,10H;1H2. The average molecular weight is 215 g/mol. The first-order valence-electron chi connectivity index (χ1n) is 2.45. The molecular weight excluding hydrogens is 210 g/mol. The van der Waals surface area contributed by atoms with E-state index in [2.05, 4.69) is 0 Å². The van der Waals surface area contributed by atoms with Crippen molar-refractivity contribution in [2.75, 3.05) is 0 Å². The number of aromatic hydroxyl groups is 1. The lowest BCUT2D eigenvalue weighted by molar-refractivity contribution is 0.475. The highest BCUT2D eigenvalue weighted by Gasteiger charge is 2.06. The maximum atomic E-state index is 8.95. The largest absolute Gasteiger partial charge is 0.506 e. The minimum atomic E-state index is -0.0592. The Kier molecular flexibility index (Phi) is 3.97. The van der Waals surface area contributed by atoms with E-state index in [1.54, 1.807) is 0 Å². The van der Waals surface area contributed by atoms with E-state index in [1.165, 1.54) is 12.1 Å². The normalized spacial score (nSPS) is 9.00. The predicted molar refractivity (Wildman–Crippen MR) is 46.8 cm³/mol. The summed E-state index contributed by atoms with van der Waals surface area (Å²) in [6, 6.07) is 2.86. The molecule has 0 aliphatic heterocycles. The van der Waals surface area contributed by atoms with Crippen molar-refractivity contribution >= 4 is 34.8 Å². The molecule has 0 unspecified atom stereocenters. The number of benzene rings is 1. The van der Waals surface area contributed by atoms with Gasteiger partial charge in [-0.25, -0.2) is 0 Å². The Bertz CT molecular complexity index is 235. The van der Waals surface area contributed by atoms with Gasteiger partial charge in [-0.15, -0.1) is 0 Å². The van der Waals surface area contributed by atoms with Crippen LogP contribution in [0.25, 0.3) is 0 Å². The molecule has 0 heterocycles. The SMILES string of the molecule is O.Oc1ccc(Cl)c(Cl)c1Cl. The number of phenolic OH excluding ortho intramolecular Hbond substituents is 1. The van der Waals surface area contributed by atoms with Gasteiger partial charge >= 0.3 is 0 Å². The second kappa shape index (κ2) is 4.02. The minimum Gasteiger partial charge on any atom is -0.506 e. The molecule has 0 atom stereocenters. The lowest BCUT2D eigenvalue weighted by Gasteiger charge is -1.99. The molecule has 1 aromatic carbocycles. The molecule has 1 rings (SSSR count). The monoisotopic (exact) mass is 214 g/mol. The Morgan fingerprint density at radius 2 is 1.55 bits per heavy atom. The van der Waals surface area contributed by atoms with Crippen LogP contribution in [0, 0.1) is 0 Å². The average Bonchev–Trinajstić information content (AvgIpc) is 1.93. The van der Waals surface area contributed by atoms with Gasteiger partial charge in [-0.05, 0) is 12.1 Å². The van der Waals surface area contributed by atoms with Gasteiger partial charge in [-0.2, -0.15) is 0 Å². The lowest BCUT2D eigenvalue weighted by atomic mass is 10.3. The maximum Gasteiger partial charge on any atom is 0.135 e. The van der Waals surface area contributed by atoms with E-state index in [0.717, 1.165) is 0 Å². The molecule has 5 heteroatoms. The molecule has 0 fully saturated rings. The lowest BCUT2D eigenvalue weighted by Crippen LogP contribution is -1.71. The summed E-state index contributed by atoms with van der Waals surface area (Å²) in [5.41, 5.74) is 0. The smallest absolute Gasteiger partial charge is 0.135 e. The summed E-state index contributed by atoms with van der Waals surface area (Å²) in [5.74, 6) is -0.0592. The van der Waals surface area contributed by atoms with Crippen LogP contribution < -0.4 is 0 Å². The van der Waals surface area contributed by atoms with Crippen LogP contribution in [-0.2, 0) is 0 Å². The van der Waals surface area contributed by atoms with Crippen LogP contribution >= 0.6 is 34.8 Å². The Balaban J connectivity index is 0.000001000. The van der Waals surface area contributed by atoms with E-state index in [0.29, 0.717) is 5.02 Å². The Hall–Kier alpha value is -0.150. The zero-order valence-electron chi connectivity index (χ0n) is 5.24. The summed E-state index contributed by atoms with van der Waals surface area (Å²) in [6.45, 7) is 0. The van der Waals surface area contributed by atoms with Crippen LogP contribution in [-0.4, -0.2) is 10.6 Å². The Morgan fingerprint density at radius 1 is 1.00 bits per heavy atom. The topological polar surface area (TPSA) is 51.7 Å². The molecule has 0 aromatic heterocycles. The number of hydrogen-bond acceptors (Lipinski definition) is 1. The fourth-order valence-electron chi connectivity index (χ4n) is 0.516. The van der Waals surface area contributed by atoms with Crippen molar-refractivity contribution in [1.82, 2.24) is 0 Å². The van der Waals surface area contributed by atoms with Gasteiger partial charge in [0.1, 0.15) is 10.8 Å². The van der Waals surface area contributed by atoms with Gasteiger partial charge in [-0.1, -0.05) is 34.8 Å². The van der Waals surface area contributed by atoms with Gasteiger partial charge in [0.05, 0.1) is 10.0 Å². The molecular formula is C6H5Cl3O2. The van der Waals surface area contributed by atoms with E-state index in [9.17, 15) is 0 Å². The Labute approximate surface area is 78.6 Å². The molecule has 0 aliphatic carbocycles. The third-order valence-electron chi connectivity index (χ3n) is 1.01. The van der Waals surface area contributed by atoms with Crippen molar-refractivity contribution in [3.63, 3.8) is 0 Å². The third-order valence-corrected chi connectivity index (χ3v) is 2.30.